The van der Waals surface area contributed by atoms with Crippen LogP contribution in [0.4, 0.5) is 13.9 Å². The van der Waals surface area contributed by atoms with Crippen molar-refractivity contribution in [2.45, 2.75) is 6.43 Å². The van der Waals surface area contributed by atoms with Gasteiger partial charge in [0.15, 0.2) is 5.13 Å². The van der Waals surface area contributed by atoms with E-state index in [1.165, 1.54) is 11.3 Å². The second kappa shape index (κ2) is 4.40. The van der Waals surface area contributed by atoms with E-state index in [-0.39, 0.29) is 6.54 Å². The summed E-state index contributed by atoms with van der Waals surface area (Å²) in [6.07, 6.45) is -2.36. The van der Waals surface area contributed by atoms with Gasteiger partial charge in [-0.15, -0.1) is 0 Å². The van der Waals surface area contributed by atoms with Gasteiger partial charge in [0.2, 0.25) is 0 Å². The molecule has 0 aliphatic carbocycles. The van der Waals surface area contributed by atoms with Gasteiger partial charge in [-0.3, -0.25) is 0 Å². The molecule has 0 saturated carbocycles. The standard InChI is InChI=1S/C9H7BrF2N2S/c10-5-1-2-7-6(3-5)14-9(15-7)13-4-8(11)12/h1-3,8H,4H2,(H,13,14). The number of hydrogen-bond acceptors (Lipinski definition) is 3. The summed E-state index contributed by atoms with van der Waals surface area (Å²) in [5.41, 5.74) is 0.811. The predicted octanol–water partition coefficient (Wildman–Crippen LogP) is 3.74. The molecule has 80 valence electrons. The van der Waals surface area contributed by atoms with Crippen LogP contribution in [0.25, 0.3) is 10.2 Å². The normalized spacial score (nSPS) is 11.2. The van der Waals surface area contributed by atoms with Crippen LogP contribution in [-0.4, -0.2) is 18.0 Å². The third-order valence-electron chi connectivity index (χ3n) is 1.76. The van der Waals surface area contributed by atoms with Gasteiger partial charge >= 0.3 is 0 Å². The van der Waals surface area contributed by atoms with E-state index in [1.807, 2.05) is 18.2 Å². The van der Waals surface area contributed by atoms with Crippen molar-refractivity contribution >= 4 is 42.6 Å². The van der Waals surface area contributed by atoms with Crippen molar-refractivity contribution in [2.24, 2.45) is 0 Å². The number of thiazole rings is 1. The Balaban J connectivity index is 2.23. The zero-order valence-electron chi connectivity index (χ0n) is 7.51. The predicted molar refractivity (Wildman–Crippen MR) is 61.8 cm³/mol. The van der Waals surface area contributed by atoms with Gasteiger partial charge in [0.1, 0.15) is 0 Å². The molecule has 15 heavy (non-hydrogen) atoms. The number of alkyl halides is 2. The summed E-state index contributed by atoms with van der Waals surface area (Å²) in [7, 11) is 0. The monoisotopic (exact) mass is 292 g/mol. The Morgan fingerprint density at radius 3 is 3.00 bits per heavy atom. The molecular weight excluding hydrogens is 286 g/mol. The third-order valence-corrected chi connectivity index (χ3v) is 3.24. The molecule has 0 bridgehead atoms. The largest absolute Gasteiger partial charge is 0.356 e. The molecule has 0 fully saturated rings. The molecule has 1 aromatic heterocycles. The van der Waals surface area contributed by atoms with E-state index in [9.17, 15) is 8.78 Å². The topological polar surface area (TPSA) is 24.9 Å². The molecule has 0 amide bonds. The van der Waals surface area contributed by atoms with Crippen LogP contribution >= 0.6 is 27.3 Å². The average Bonchev–Trinajstić information content (AvgIpc) is 2.56. The second-order valence-corrected chi connectivity index (χ2v) is 4.85. The molecule has 1 heterocycles. The SMILES string of the molecule is FC(F)CNc1nc2cc(Br)ccc2s1. The number of anilines is 1. The molecule has 2 aromatic rings. The minimum Gasteiger partial charge on any atom is -0.356 e. The highest BCUT2D eigenvalue weighted by atomic mass is 79.9. The van der Waals surface area contributed by atoms with Crippen LogP contribution in [-0.2, 0) is 0 Å². The minimum atomic E-state index is -2.36. The van der Waals surface area contributed by atoms with Crippen molar-refractivity contribution in [3.63, 3.8) is 0 Å². The highest BCUT2D eigenvalue weighted by Crippen LogP contribution is 2.28. The highest BCUT2D eigenvalue weighted by molar-refractivity contribution is 9.10. The lowest BCUT2D eigenvalue weighted by molar-refractivity contribution is 0.163. The number of nitrogens with one attached hydrogen (secondary N) is 1. The van der Waals surface area contributed by atoms with Crippen molar-refractivity contribution in [2.75, 3.05) is 11.9 Å². The molecule has 0 aliphatic heterocycles. The van der Waals surface area contributed by atoms with Crippen molar-refractivity contribution in [3.05, 3.63) is 22.7 Å². The first-order chi connectivity index (χ1) is 7.15. The Morgan fingerprint density at radius 2 is 2.27 bits per heavy atom. The van der Waals surface area contributed by atoms with Gasteiger partial charge in [-0.05, 0) is 18.2 Å². The van der Waals surface area contributed by atoms with Gasteiger partial charge in [-0.25, -0.2) is 13.8 Å². The molecule has 0 radical (unpaired) electrons. The van der Waals surface area contributed by atoms with Crippen LogP contribution in [0, 0.1) is 0 Å². The first kappa shape index (κ1) is 10.8. The van der Waals surface area contributed by atoms with Crippen LogP contribution in [0.3, 0.4) is 0 Å². The molecule has 1 N–H and O–H groups in total. The van der Waals surface area contributed by atoms with E-state index in [0.29, 0.717) is 5.13 Å². The molecule has 2 nitrogen and oxygen atoms in total. The fourth-order valence-corrected chi connectivity index (χ4v) is 2.34. The van der Waals surface area contributed by atoms with Crippen LogP contribution < -0.4 is 5.32 Å². The lowest BCUT2D eigenvalue weighted by atomic mass is 10.3. The lowest BCUT2D eigenvalue weighted by Crippen LogP contribution is -2.09. The summed E-state index contributed by atoms with van der Waals surface area (Å²) in [5, 5.41) is 3.13. The number of hydrogen-bond donors (Lipinski definition) is 1. The maximum atomic E-state index is 11.9. The number of nitrogens with zero attached hydrogens (tertiary/aromatic N) is 1. The number of halogens is 3. The van der Waals surface area contributed by atoms with Gasteiger partial charge < -0.3 is 5.32 Å². The molecule has 0 atom stereocenters. The molecule has 0 saturated heterocycles. The highest BCUT2D eigenvalue weighted by Gasteiger charge is 2.06. The number of rotatable bonds is 3. The third kappa shape index (κ3) is 2.63. The van der Waals surface area contributed by atoms with E-state index in [0.717, 1.165) is 14.7 Å². The molecule has 1 aromatic carbocycles. The minimum absolute atomic E-state index is 0.360. The summed E-state index contributed by atoms with van der Waals surface area (Å²) in [6, 6.07) is 5.67. The second-order valence-electron chi connectivity index (χ2n) is 2.90. The maximum absolute atomic E-state index is 11.9. The average molecular weight is 293 g/mol. The van der Waals surface area contributed by atoms with E-state index >= 15 is 0 Å². The smallest absolute Gasteiger partial charge is 0.255 e. The summed E-state index contributed by atoms with van der Waals surface area (Å²) in [5.74, 6) is 0. The fourth-order valence-electron chi connectivity index (χ4n) is 1.14. The number of aromatic nitrogens is 1. The van der Waals surface area contributed by atoms with Crippen molar-refractivity contribution in [1.29, 1.82) is 0 Å². The van der Waals surface area contributed by atoms with Gasteiger partial charge in [0.05, 0.1) is 16.8 Å². The Kier molecular flexibility index (Phi) is 3.16. The Hall–Kier alpha value is -0.750. The number of fused-ring (bicyclic) bond motifs is 1. The molecule has 0 aliphatic rings. The summed E-state index contributed by atoms with van der Waals surface area (Å²) >= 11 is 4.70. The summed E-state index contributed by atoms with van der Waals surface area (Å²) in [4.78, 5) is 4.19. The van der Waals surface area contributed by atoms with Crippen LogP contribution in [0.2, 0.25) is 0 Å². The first-order valence-corrected chi connectivity index (χ1v) is 5.84. The zero-order chi connectivity index (χ0) is 10.8. The van der Waals surface area contributed by atoms with Crippen molar-refractivity contribution < 1.29 is 8.78 Å². The van der Waals surface area contributed by atoms with E-state index in [4.69, 9.17) is 0 Å². The van der Waals surface area contributed by atoms with Gasteiger partial charge in [0.25, 0.3) is 6.43 Å². The summed E-state index contributed by atoms with van der Waals surface area (Å²) in [6.45, 7) is -0.360. The Morgan fingerprint density at radius 1 is 1.47 bits per heavy atom. The van der Waals surface area contributed by atoms with Gasteiger partial charge in [-0.2, -0.15) is 0 Å². The van der Waals surface area contributed by atoms with E-state index in [2.05, 4.69) is 26.2 Å². The molecule has 0 spiro atoms. The molecule has 0 unspecified atom stereocenters. The summed E-state index contributed by atoms with van der Waals surface area (Å²) < 4.78 is 25.8. The maximum Gasteiger partial charge on any atom is 0.255 e. The quantitative estimate of drug-likeness (QED) is 0.932. The van der Waals surface area contributed by atoms with E-state index in [1.54, 1.807) is 0 Å². The first-order valence-electron chi connectivity index (χ1n) is 4.23. The van der Waals surface area contributed by atoms with Crippen LogP contribution in [0.1, 0.15) is 0 Å². The fraction of sp³-hybridized carbons (Fsp3) is 0.222. The van der Waals surface area contributed by atoms with Gasteiger partial charge in [0, 0.05) is 4.47 Å². The Bertz CT molecular complexity index is 472. The van der Waals surface area contributed by atoms with Gasteiger partial charge in [-0.1, -0.05) is 27.3 Å². The van der Waals surface area contributed by atoms with Crippen LogP contribution in [0.15, 0.2) is 22.7 Å². The lowest BCUT2D eigenvalue weighted by Gasteiger charge is -1.98. The van der Waals surface area contributed by atoms with Crippen LogP contribution in [0.5, 0.6) is 0 Å². The zero-order valence-corrected chi connectivity index (χ0v) is 9.91. The Labute approximate surface area is 97.5 Å². The molecule has 6 heteroatoms. The van der Waals surface area contributed by atoms with Crippen molar-refractivity contribution in [3.8, 4) is 0 Å². The van der Waals surface area contributed by atoms with Crippen molar-refractivity contribution in [1.82, 2.24) is 4.98 Å². The molecular formula is C9H7BrF2N2S. The van der Waals surface area contributed by atoms with E-state index < -0.39 is 6.43 Å². The molecule has 2 rings (SSSR count). The number of benzene rings is 1.